The number of hydrogen-bond donors (Lipinski definition) is 1. The molecule has 1 atom stereocenters. The van der Waals surface area contributed by atoms with Gasteiger partial charge in [0.15, 0.2) is 0 Å². The minimum absolute atomic E-state index is 0.104. The van der Waals surface area contributed by atoms with E-state index in [0.29, 0.717) is 6.54 Å². The van der Waals surface area contributed by atoms with Crippen LogP contribution in [0.25, 0.3) is 0 Å². The Hall–Kier alpha value is -2.04. The van der Waals surface area contributed by atoms with Gasteiger partial charge in [0.2, 0.25) is 5.91 Å². The predicted octanol–water partition coefficient (Wildman–Crippen LogP) is 3.21. The quantitative estimate of drug-likeness (QED) is 0.846. The fourth-order valence-corrected chi connectivity index (χ4v) is 3.60. The van der Waals surface area contributed by atoms with E-state index in [-0.39, 0.29) is 11.9 Å². The lowest BCUT2D eigenvalue weighted by Crippen LogP contribution is -2.54. The Morgan fingerprint density at radius 1 is 1.04 bits per heavy atom. The van der Waals surface area contributed by atoms with Crippen molar-refractivity contribution >= 4 is 23.2 Å². The maximum atomic E-state index is 12.5. The van der Waals surface area contributed by atoms with Crippen molar-refractivity contribution in [2.45, 2.75) is 19.4 Å². The van der Waals surface area contributed by atoms with Crippen LogP contribution in [0.4, 0.5) is 5.69 Å². The molecule has 0 bridgehead atoms. The van der Waals surface area contributed by atoms with Gasteiger partial charge in [0.25, 0.3) is 0 Å². The van der Waals surface area contributed by atoms with Gasteiger partial charge in [-0.05, 0) is 31.0 Å². The van der Waals surface area contributed by atoms with Crippen molar-refractivity contribution in [3.63, 3.8) is 0 Å². The highest BCUT2D eigenvalue weighted by Crippen LogP contribution is 2.26. The molecule has 138 valence electrons. The first kappa shape index (κ1) is 18.7. The van der Waals surface area contributed by atoms with Crippen molar-refractivity contribution in [3.05, 3.63) is 65.2 Å². The summed E-state index contributed by atoms with van der Waals surface area (Å²) in [6.07, 6.45) is 0.861. The Morgan fingerprint density at radius 2 is 1.69 bits per heavy atom. The summed E-state index contributed by atoms with van der Waals surface area (Å²) in [5.41, 5.74) is 2.32. The van der Waals surface area contributed by atoms with Gasteiger partial charge in [-0.25, -0.2) is 0 Å². The number of nitrogens with one attached hydrogen (secondary N) is 1. The molecule has 0 aliphatic carbocycles. The molecule has 0 aromatic heterocycles. The standard InChI is InChI=1S/C21H26ClN3O/c1-17(21(26)23-12-11-18-7-3-2-4-8-18)24-13-15-25(16-14-24)20-10-6-5-9-19(20)22/h2-10,17H,11-16H2,1H3,(H,23,26)/t17-/m1/s1. The van der Waals surface area contributed by atoms with Crippen molar-refractivity contribution in [3.8, 4) is 0 Å². The minimum atomic E-state index is -0.112. The molecule has 3 rings (SSSR count). The van der Waals surface area contributed by atoms with E-state index < -0.39 is 0 Å². The number of hydrogen-bond acceptors (Lipinski definition) is 3. The van der Waals surface area contributed by atoms with Crippen molar-refractivity contribution in [1.82, 2.24) is 10.2 Å². The maximum absolute atomic E-state index is 12.5. The third kappa shape index (κ3) is 4.77. The van der Waals surface area contributed by atoms with E-state index in [4.69, 9.17) is 11.6 Å². The van der Waals surface area contributed by atoms with E-state index in [9.17, 15) is 4.79 Å². The fourth-order valence-electron chi connectivity index (χ4n) is 3.35. The van der Waals surface area contributed by atoms with Crippen LogP contribution < -0.4 is 10.2 Å². The van der Waals surface area contributed by atoms with Crippen molar-refractivity contribution in [2.75, 3.05) is 37.6 Å². The number of para-hydroxylation sites is 1. The molecule has 1 saturated heterocycles. The number of halogens is 1. The Kier molecular flexibility index (Phi) is 6.53. The van der Waals surface area contributed by atoms with Crippen LogP contribution in [0.3, 0.4) is 0 Å². The highest BCUT2D eigenvalue weighted by atomic mass is 35.5. The van der Waals surface area contributed by atoms with E-state index in [1.807, 2.05) is 43.3 Å². The van der Waals surface area contributed by atoms with Gasteiger partial charge in [0.05, 0.1) is 16.8 Å². The Balaban J connectivity index is 1.45. The van der Waals surface area contributed by atoms with Crippen molar-refractivity contribution < 1.29 is 4.79 Å². The average molecular weight is 372 g/mol. The van der Waals surface area contributed by atoms with Gasteiger partial charge >= 0.3 is 0 Å². The lowest BCUT2D eigenvalue weighted by molar-refractivity contribution is -0.125. The zero-order valence-corrected chi connectivity index (χ0v) is 16.0. The third-order valence-electron chi connectivity index (χ3n) is 4.99. The average Bonchev–Trinajstić information content (AvgIpc) is 2.69. The number of carbonyl (C=O) groups excluding carboxylic acids is 1. The normalized spacial score (nSPS) is 16.3. The maximum Gasteiger partial charge on any atom is 0.237 e. The molecule has 1 aliphatic rings. The highest BCUT2D eigenvalue weighted by Gasteiger charge is 2.26. The minimum Gasteiger partial charge on any atom is -0.368 e. The van der Waals surface area contributed by atoms with Crippen LogP contribution in [0.15, 0.2) is 54.6 Å². The summed E-state index contributed by atoms with van der Waals surface area (Å²) in [6.45, 7) is 6.14. The molecule has 1 N–H and O–H groups in total. The van der Waals surface area contributed by atoms with Crippen LogP contribution >= 0.6 is 11.6 Å². The number of carbonyl (C=O) groups is 1. The summed E-state index contributed by atoms with van der Waals surface area (Å²) < 4.78 is 0. The number of piperazine rings is 1. The largest absolute Gasteiger partial charge is 0.368 e. The summed E-state index contributed by atoms with van der Waals surface area (Å²) in [7, 11) is 0. The SMILES string of the molecule is C[C@H](C(=O)NCCc1ccccc1)N1CCN(c2ccccc2Cl)CC1. The fraction of sp³-hybridized carbons (Fsp3) is 0.381. The van der Waals surface area contributed by atoms with Crippen LogP contribution in [0.2, 0.25) is 5.02 Å². The lowest BCUT2D eigenvalue weighted by Gasteiger charge is -2.38. The lowest BCUT2D eigenvalue weighted by atomic mass is 10.1. The zero-order valence-electron chi connectivity index (χ0n) is 15.2. The van der Waals surface area contributed by atoms with Crippen LogP contribution in [-0.4, -0.2) is 49.6 Å². The van der Waals surface area contributed by atoms with E-state index >= 15 is 0 Å². The zero-order chi connectivity index (χ0) is 18.4. The van der Waals surface area contributed by atoms with Crippen molar-refractivity contribution in [1.29, 1.82) is 0 Å². The first-order valence-electron chi connectivity index (χ1n) is 9.20. The number of rotatable bonds is 6. The van der Waals surface area contributed by atoms with Crippen LogP contribution in [0.5, 0.6) is 0 Å². The first-order chi connectivity index (χ1) is 12.6. The molecule has 1 aliphatic heterocycles. The molecule has 0 saturated carbocycles. The predicted molar refractivity (Wildman–Crippen MR) is 108 cm³/mol. The summed E-state index contributed by atoms with van der Waals surface area (Å²) >= 11 is 6.30. The molecule has 26 heavy (non-hydrogen) atoms. The second-order valence-electron chi connectivity index (χ2n) is 6.68. The first-order valence-corrected chi connectivity index (χ1v) is 9.58. The molecule has 0 unspecified atom stereocenters. The molecule has 1 fully saturated rings. The Labute approximate surface area is 160 Å². The van der Waals surface area contributed by atoms with Crippen LogP contribution in [0.1, 0.15) is 12.5 Å². The molecular weight excluding hydrogens is 346 g/mol. The number of anilines is 1. The Bertz CT molecular complexity index is 714. The molecule has 2 aromatic rings. The molecule has 2 aromatic carbocycles. The van der Waals surface area contributed by atoms with Gasteiger partial charge in [0.1, 0.15) is 0 Å². The molecule has 4 nitrogen and oxygen atoms in total. The smallest absolute Gasteiger partial charge is 0.237 e. The van der Waals surface area contributed by atoms with Crippen molar-refractivity contribution in [2.24, 2.45) is 0 Å². The van der Waals surface area contributed by atoms with Gasteiger partial charge in [-0.2, -0.15) is 0 Å². The van der Waals surface area contributed by atoms with E-state index in [1.54, 1.807) is 0 Å². The summed E-state index contributed by atoms with van der Waals surface area (Å²) in [5, 5.41) is 3.85. The number of benzene rings is 2. The molecule has 1 amide bonds. The Morgan fingerprint density at radius 3 is 2.38 bits per heavy atom. The van der Waals surface area contributed by atoms with Gasteiger partial charge in [-0.1, -0.05) is 54.1 Å². The monoisotopic (exact) mass is 371 g/mol. The van der Waals surface area contributed by atoms with Crippen LogP contribution in [-0.2, 0) is 11.2 Å². The van der Waals surface area contributed by atoms with Gasteiger partial charge in [0, 0.05) is 32.7 Å². The third-order valence-corrected chi connectivity index (χ3v) is 5.31. The van der Waals surface area contributed by atoms with Crippen LogP contribution in [0, 0.1) is 0 Å². The molecule has 0 spiro atoms. The van der Waals surface area contributed by atoms with E-state index in [1.165, 1.54) is 5.56 Å². The molecule has 0 radical (unpaired) electrons. The summed E-state index contributed by atoms with van der Waals surface area (Å²) in [5.74, 6) is 0.104. The topological polar surface area (TPSA) is 35.6 Å². The van der Waals surface area contributed by atoms with Gasteiger partial charge < -0.3 is 10.2 Å². The number of nitrogens with zero attached hydrogens (tertiary/aromatic N) is 2. The van der Waals surface area contributed by atoms with E-state index in [0.717, 1.165) is 43.3 Å². The summed E-state index contributed by atoms with van der Waals surface area (Å²) in [6, 6.07) is 18.1. The highest BCUT2D eigenvalue weighted by molar-refractivity contribution is 6.33. The molecule has 5 heteroatoms. The second-order valence-corrected chi connectivity index (χ2v) is 7.08. The second kappa shape index (κ2) is 9.06. The van der Waals surface area contributed by atoms with Gasteiger partial charge in [-0.15, -0.1) is 0 Å². The molecular formula is C21H26ClN3O. The van der Waals surface area contributed by atoms with E-state index in [2.05, 4.69) is 33.3 Å². The van der Waals surface area contributed by atoms with Gasteiger partial charge in [-0.3, -0.25) is 9.69 Å². The summed E-state index contributed by atoms with van der Waals surface area (Å²) in [4.78, 5) is 17.0. The number of amides is 1. The molecule has 1 heterocycles.